The second kappa shape index (κ2) is 10.9. The molecule has 5 heterocycles. The Morgan fingerprint density at radius 3 is 2.88 bits per heavy atom. The second-order valence-electron chi connectivity index (χ2n) is 11.2. The zero-order valence-corrected chi connectivity index (χ0v) is 25.0. The van der Waals surface area contributed by atoms with Crippen LogP contribution in [-0.4, -0.2) is 57.2 Å². The molecule has 12 heteroatoms. The molecule has 2 aliphatic heterocycles. The highest BCUT2D eigenvalue weighted by molar-refractivity contribution is 14.1. The van der Waals surface area contributed by atoms with Crippen molar-refractivity contribution in [2.75, 3.05) is 31.1 Å². The summed E-state index contributed by atoms with van der Waals surface area (Å²) in [4.78, 5) is 24.8. The Morgan fingerprint density at radius 1 is 1.22 bits per heavy atom. The number of benzene rings is 1. The molecule has 4 aromatic rings. The van der Waals surface area contributed by atoms with E-state index in [1.807, 2.05) is 54.2 Å². The van der Waals surface area contributed by atoms with Crippen LogP contribution in [0.4, 0.5) is 10.6 Å². The smallest absolute Gasteiger partial charge is 0.407 e. The predicted molar refractivity (Wildman–Crippen MR) is 158 cm³/mol. The molecule has 1 amide bonds. The van der Waals surface area contributed by atoms with Crippen molar-refractivity contribution in [2.24, 2.45) is 11.8 Å². The van der Waals surface area contributed by atoms with Crippen molar-refractivity contribution >= 4 is 45.7 Å². The van der Waals surface area contributed by atoms with Crippen LogP contribution in [0.25, 0.3) is 11.2 Å². The molecule has 3 aromatic heterocycles. The van der Waals surface area contributed by atoms with Gasteiger partial charge in [0.2, 0.25) is 0 Å². The van der Waals surface area contributed by atoms with Gasteiger partial charge < -0.3 is 24.2 Å². The van der Waals surface area contributed by atoms with Gasteiger partial charge in [0.15, 0.2) is 15.6 Å². The van der Waals surface area contributed by atoms with Gasteiger partial charge in [0.25, 0.3) is 0 Å². The second-order valence-corrected chi connectivity index (χ2v) is 12.2. The molecule has 0 spiro atoms. The van der Waals surface area contributed by atoms with Gasteiger partial charge >= 0.3 is 6.09 Å². The molecule has 41 heavy (non-hydrogen) atoms. The summed E-state index contributed by atoms with van der Waals surface area (Å²) >= 11 is 2.22. The first kappa shape index (κ1) is 26.6. The van der Waals surface area contributed by atoms with Gasteiger partial charge in [0, 0.05) is 37.7 Å². The van der Waals surface area contributed by atoms with Crippen molar-refractivity contribution in [2.45, 2.75) is 50.9 Å². The van der Waals surface area contributed by atoms with Gasteiger partial charge in [-0.1, -0.05) is 35.5 Å². The number of hydrogen-bond donors (Lipinski definition) is 1. The van der Waals surface area contributed by atoms with E-state index >= 15 is 0 Å². The summed E-state index contributed by atoms with van der Waals surface area (Å²) < 4.78 is 19.7. The van der Waals surface area contributed by atoms with Crippen LogP contribution in [0.3, 0.4) is 0 Å². The Hall–Kier alpha value is -3.26. The van der Waals surface area contributed by atoms with Crippen LogP contribution in [0.5, 0.6) is 0 Å². The highest BCUT2D eigenvalue weighted by Gasteiger charge is 2.68. The molecule has 4 atom stereocenters. The van der Waals surface area contributed by atoms with Crippen molar-refractivity contribution in [1.29, 1.82) is 0 Å². The van der Waals surface area contributed by atoms with Gasteiger partial charge in [-0.3, -0.25) is 0 Å². The van der Waals surface area contributed by atoms with Gasteiger partial charge in [-0.25, -0.2) is 19.4 Å². The van der Waals surface area contributed by atoms with E-state index in [-0.39, 0.29) is 24.2 Å². The van der Waals surface area contributed by atoms with Crippen LogP contribution < -0.4 is 10.2 Å². The van der Waals surface area contributed by atoms with Gasteiger partial charge in [0.05, 0.1) is 11.9 Å². The van der Waals surface area contributed by atoms with E-state index in [0.29, 0.717) is 12.5 Å². The van der Waals surface area contributed by atoms with Crippen molar-refractivity contribution < 1.29 is 18.8 Å². The van der Waals surface area contributed by atoms with Crippen molar-refractivity contribution in [3.63, 3.8) is 0 Å². The molecule has 0 bridgehead atoms. The van der Waals surface area contributed by atoms with Gasteiger partial charge in [0.1, 0.15) is 23.7 Å². The molecule has 214 valence electrons. The summed E-state index contributed by atoms with van der Waals surface area (Å²) in [5.74, 6) is 2.24. The molecule has 2 saturated heterocycles. The minimum absolute atomic E-state index is 0.107. The number of ether oxygens (including phenoxy) is 2. The number of nitrogens with one attached hydrogen (secondary N) is 1. The standard InChI is InChI=1S/C29H32IN7O4/c1-18-13-22(35-41-18)29(17-32-28(38)40-16-19-7-3-2-4-8-19)20-10-11-36(15-21(20)29)23-14-31-25-26(30)34-37(27(25)33-23)24-9-5-6-12-39-24/h2-4,7-8,13-14,20-21,24H,5-6,9-12,15-17H2,1H3,(H,32,38)/t20-,21+,24?,29+/m1/s1. The highest BCUT2D eigenvalue weighted by Crippen LogP contribution is 2.63. The van der Waals surface area contributed by atoms with Crippen LogP contribution in [0.2, 0.25) is 0 Å². The molecule has 11 nitrogen and oxygen atoms in total. The first-order valence-electron chi connectivity index (χ1n) is 14.2. The fourth-order valence-electron chi connectivity index (χ4n) is 6.63. The fraction of sp³-hybridized carbons (Fsp3) is 0.483. The third-order valence-electron chi connectivity index (χ3n) is 8.77. The van der Waals surface area contributed by atoms with E-state index in [4.69, 9.17) is 29.1 Å². The number of fused-ring (bicyclic) bond motifs is 2. The van der Waals surface area contributed by atoms with Gasteiger partial charge in [-0.05, 0) is 72.6 Å². The van der Waals surface area contributed by atoms with Crippen LogP contribution in [0, 0.1) is 22.5 Å². The Labute approximate surface area is 251 Å². The van der Waals surface area contributed by atoms with Crippen LogP contribution in [-0.2, 0) is 21.5 Å². The first-order valence-corrected chi connectivity index (χ1v) is 15.3. The molecule has 1 aliphatic carbocycles. The first-order chi connectivity index (χ1) is 20.0. The normalized spacial score (nSPS) is 25.6. The molecule has 1 saturated carbocycles. The molecule has 3 aliphatic rings. The van der Waals surface area contributed by atoms with Crippen molar-refractivity contribution in [3.8, 4) is 0 Å². The topological polar surface area (TPSA) is 120 Å². The number of carbonyl (C=O) groups is 1. The Balaban J connectivity index is 1.09. The summed E-state index contributed by atoms with van der Waals surface area (Å²) in [6, 6.07) is 11.7. The Bertz CT molecular complexity index is 1550. The van der Waals surface area contributed by atoms with Gasteiger partial charge in [-0.15, -0.1) is 0 Å². The average molecular weight is 670 g/mol. The minimum Gasteiger partial charge on any atom is -0.445 e. The lowest BCUT2D eigenvalue weighted by Gasteiger charge is -2.27. The van der Waals surface area contributed by atoms with E-state index in [9.17, 15) is 4.79 Å². The molecule has 1 aromatic carbocycles. The predicted octanol–water partition coefficient (Wildman–Crippen LogP) is 4.75. The zero-order chi connectivity index (χ0) is 28.0. The number of aryl methyl sites for hydroxylation is 1. The number of piperidine rings is 1. The molecule has 7 rings (SSSR count). The monoisotopic (exact) mass is 669 g/mol. The largest absolute Gasteiger partial charge is 0.445 e. The maximum absolute atomic E-state index is 12.7. The summed E-state index contributed by atoms with van der Waals surface area (Å²) in [6.07, 6.45) is 5.37. The summed E-state index contributed by atoms with van der Waals surface area (Å²) in [6.45, 7) is 4.92. The SMILES string of the molecule is Cc1cc([C@@]2(CNC(=O)OCc3ccccc3)[C@@H]3CCN(c4cnc5c(I)nn(C6CCCCO6)c5n4)C[C@@H]32)no1. The number of halogens is 1. The number of amides is 1. The Kier molecular flexibility index (Phi) is 7.05. The maximum Gasteiger partial charge on any atom is 0.407 e. The lowest BCUT2D eigenvalue weighted by molar-refractivity contribution is -0.0372. The van der Waals surface area contributed by atoms with E-state index in [1.165, 1.54) is 0 Å². The highest BCUT2D eigenvalue weighted by atomic mass is 127. The zero-order valence-electron chi connectivity index (χ0n) is 22.8. The molecule has 1 N–H and O–H groups in total. The third kappa shape index (κ3) is 4.94. The molecular formula is C29H32IN7O4. The quantitative estimate of drug-likeness (QED) is 0.278. The van der Waals surface area contributed by atoms with Gasteiger partial charge in [-0.2, -0.15) is 5.10 Å². The number of anilines is 1. The lowest BCUT2D eigenvalue weighted by Crippen LogP contribution is -2.36. The van der Waals surface area contributed by atoms with Crippen molar-refractivity contribution in [1.82, 2.24) is 30.2 Å². The van der Waals surface area contributed by atoms with E-state index in [1.54, 1.807) is 0 Å². The minimum atomic E-state index is -0.432. The number of hydrogen-bond acceptors (Lipinski definition) is 9. The van der Waals surface area contributed by atoms with Crippen molar-refractivity contribution in [3.05, 3.63) is 63.3 Å². The van der Waals surface area contributed by atoms with E-state index in [2.05, 4.69) is 38.0 Å². The number of alkyl carbamates (subject to hydrolysis) is 1. The number of carbonyl (C=O) groups excluding carboxylic acids is 1. The van der Waals surface area contributed by atoms with Crippen LogP contribution >= 0.6 is 22.6 Å². The summed E-state index contributed by atoms with van der Waals surface area (Å²) in [7, 11) is 0. The summed E-state index contributed by atoms with van der Waals surface area (Å²) in [5, 5.41) is 12.2. The molecule has 3 fully saturated rings. The third-order valence-corrected chi connectivity index (χ3v) is 9.50. The van der Waals surface area contributed by atoms with Crippen LogP contribution in [0.1, 0.15) is 48.9 Å². The molecular weight excluding hydrogens is 637 g/mol. The molecule has 0 radical (unpaired) electrons. The number of aromatic nitrogens is 5. The lowest BCUT2D eigenvalue weighted by atomic mass is 9.96. The van der Waals surface area contributed by atoms with Crippen LogP contribution in [0.15, 0.2) is 47.1 Å². The van der Waals surface area contributed by atoms with E-state index in [0.717, 1.165) is 83.1 Å². The average Bonchev–Trinajstić information content (AvgIpc) is 3.23. The summed E-state index contributed by atoms with van der Waals surface area (Å²) in [5.41, 5.74) is 3.08. The number of rotatable bonds is 7. The Morgan fingerprint density at radius 2 is 2.10 bits per heavy atom. The fourth-order valence-corrected chi connectivity index (χ4v) is 7.24. The van der Waals surface area contributed by atoms with E-state index < -0.39 is 6.09 Å². The maximum atomic E-state index is 12.7. The molecule has 1 unspecified atom stereocenters. The number of nitrogens with zero attached hydrogens (tertiary/aromatic N) is 6.